The SMILES string of the molecule is COc1cccc(COC(C)C(=O)Nc2nc3c(C)ccc(C)c3s2)c1. The zero-order chi connectivity index (χ0) is 18.7. The van der Waals surface area contributed by atoms with Crippen molar-refractivity contribution in [3.63, 3.8) is 0 Å². The molecule has 0 aliphatic rings. The van der Waals surface area contributed by atoms with Gasteiger partial charge in [0, 0.05) is 0 Å². The van der Waals surface area contributed by atoms with Gasteiger partial charge in [0.2, 0.25) is 0 Å². The van der Waals surface area contributed by atoms with Gasteiger partial charge in [0.25, 0.3) is 5.91 Å². The second kappa shape index (κ2) is 7.85. The topological polar surface area (TPSA) is 60.5 Å². The van der Waals surface area contributed by atoms with Crippen molar-refractivity contribution < 1.29 is 14.3 Å². The number of carbonyl (C=O) groups excluding carboxylic acids is 1. The summed E-state index contributed by atoms with van der Waals surface area (Å²) < 4.78 is 12.0. The van der Waals surface area contributed by atoms with Crippen molar-refractivity contribution in [3.8, 4) is 5.75 Å². The first-order valence-corrected chi connectivity index (χ1v) is 9.21. The number of benzene rings is 2. The van der Waals surface area contributed by atoms with Crippen LogP contribution in [-0.4, -0.2) is 24.1 Å². The molecule has 0 fully saturated rings. The Morgan fingerprint density at radius 3 is 2.73 bits per heavy atom. The Morgan fingerprint density at radius 1 is 1.23 bits per heavy atom. The van der Waals surface area contributed by atoms with Gasteiger partial charge in [-0.1, -0.05) is 35.6 Å². The molecule has 1 aromatic heterocycles. The smallest absolute Gasteiger partial charge is 0.255 e. The molecule has 1 heterocycles. The largest absolute Gasteiger partial charge is 0.497 e. The molecule has 3 rings (SSSR count). The van der Waals surface area contributed by atoms with E-state index in [4.69, 9.17) is 9.47 Å². The van der Waals surface area contributed by atoms with E-state index in [1.807, 2.05) is 44.2 Å². The number of aromatic nitrogens is 1. The molecule has 1 atom stereocenters. The Kier molecular flexibility index (Phi) is 5.54. The molecule has 2 aromatic carbocycles. The van der Waals surface area contributed by atoms with Crippen molar-refractivity contribution in [1.82, 2.24) is 4.98 Å². The number of rotatable bonds is 6. The number of ether oxygens (including phenoxy) is 2. The minimum absolute atomic E-state index is 0.206. The van der Waals surface area contributed by atoms with Gasteiger partial charge in [-0.25, -0.2) is 4.98 Å². The van der Waals surface area contributed by atoms with Crippen LogP contribution in [0.1, 0.15) is 23.6 Å². The molecule has 1 amide bonds. The van der Waals surface area contributed by atoms with Crippen LogP contribution in [0.5, 0.6) is 5.75 Å². The Balaban J connectivity index is 1.64. The van der Waals surface area contributed by atoms with E-state index in [1.165, 1.54) is 11.3 Å². The molecule has 0 aliphatic heterocycles. The van der Waals surface area contributed by atoms with Crippen molar-refractivity contribution in [2.75, 3.05) is 12.4 Å². The van der Waals surface area contributed by atoms with Crippen molar-refractivity contribution in [2.45, 2.75) is 33.5 Å². The van der Waals surface area contributed by atoms with E-state index in [0.717, 1.165) is 32.7 Å². The van der Waals surface area contributed by atoms with Crippen molar-refractivity contribution >= 4 is 32.6 Å². The number of nitrogens with one attached hydrogen (secondary N) is 1. The minimum atomic E-state index is -0.588. The molecule has 1 unspecified atom stereocenters. The fourth-order valence-electron chi connectivity index (χ4n) is 2.58. The van der Waals surface area contributed by atoms with Gasteiger partial charge in [0.1, 0.15) is 11.9 Å². The molecule has 0 aliphatic carbocycles. The number of thiazole rings is 1. The maximum Gasteiger partial charge on any atom is 0.255 e. The van der Waals surface area contributed by atoms with Gasteiger partial charge in [-0.2, -0.15) is 0 Å². The lowest BCUT2D eigenvalue weighted by atomic mass is 10.1. The first kappa shape index (κ1) is 18.4. The number of nitrogens with zero attached hydrogens (tertiary/aromatic N) is 1. The van der Waals surface area contributed by atoms with E-state index in [0.29, 0.717) is 11.7 Å². The quantitative estimate of drug-likeness (QED) is 0.696. The van der Waals surface area contributed by atoms with E-state index in [-0.39, 0.29) is 5.91 Å². The molecule has 6 heteroatoms. The van der Waals surface area contributed by atoms with Crippen LogP contribution in [0.3, 0.4) is 0 Å². The predicted octanol–water partition coefficient (Wildman–Crippen LogP) is 4.47. The summed E-state index contributed by atoms with van der Waals surface area (Å²) in [5, 5.41) is 3.46. The summed E-state index contributed by atoms with van der Waals surface area (Å²) in [5.74, 6) is 0.561. The fraction of sp³-hybridized carbons (Fsp3) is 0.300. The van der Waals surface area contributed by atoms with Crippen molar-refractivity contribution in [1.29, 1.82) is 0 Å². The van der Waals surface area contributed by atoms with Crippen LogP contribution in [0, 0.1) is 13.8 Å². The molecule has 3 aromatic rings. The Labute approximate surface area is 157 Å². The lowest BCUT2D eigenvalue weighted by molar-refractivity contribution is -0.127. The molecule has 26 heavy (non-hydrogen) atoms. The van der Waals surface area contributed by atoms with Gasteiger partial charge >= 0.3 is 0 Å². The molecule has 136 valence electrons. The number of aryl methyl sites for hydroxylation is 2. The number of anilines is 1. The van der Waals surface area contributed by atoms with Crippen LogP contribution in [0.2, 0.25) is 0 Å². The Hall–Kier alpha value is -2.44. The lowest BCUT2D eigenvalue weighted by Crippen LogP contribution is -2.27. The van der Waals surface area contributed by atoms with Crippen LogP contribution < -0.4 is 10.1 Å². The summed E-state index contributed by atoms with van der Waals surface area (Å²) in [4.78, 5) is 17.0. The summed E-state index contributed by atoms with van der Waals surface area (Å²) >= 11 is 1.49. The molecule has 0 radical (unpaired) electrons. The van der Waals surface area contributed by atoms with Gasteiger partial charge in [-0.3, -0.25) is 10.1 Å². The second-order valence-corrected chi connectivity index (χ2v) is 7.19. The van der Waals surface area contributed by atoms with Gasteiger partial charge in [0.05, 0.1) is 23.9 Å². The molecular weight excluding hydrogens is 348 g/mol. The highest BCUT2D eigenvalue weighted by Gasteiger charge is 2.17. The van der Waals surface area contributed by atoms with Crippen molar-refractivity contribution in [3.05, 3.63) is 53.1 Å². The number of amides is 1. The summed E-state index contributed by atoms with van der Waals surface area (Å²) in [6.45, 7) is 6.14. The van der Waals surface area contributed by atoms with Gasteiger partial charge in [-0.05, 0) is 49.6 Å². The number of methoxy groups -OCH3 is 1. The standard InChI is InChI=1S/C20H22N2O3S/c1-12-8-9-13(2)18-17(12)21-20(26-18)22-19(23)14(3)25-11-15-6-5-7-16(10-15)24-4/h5-10,14H,11H2,1-4H3,(H,21,22,23). The van der Waals surface area contributed by atoms with E-state index in [9.17, 15) is 4.79 Å². The Morgan fingerprint density at radius 2 is 2.00 bits per heavy atom. The maximum atomic E-state index is 12.4. The summed E-state index contributed by atoms with van der Waals surface area (Å²) in [6.07, 6.45) is -0.588. The zero-order valence-corrected chi connectivity index (χ0v) is 16.1. The van der Waals surface area contributed by atoms with Crippen LogP contribution in [-0.2, 0) is 16.1 Å². The summed E-state index contributed by atoms with van der Waals surface area (Å²) in [7, 11) is 1.62. The maximum absolute atomic E-state index is 12.4. The first-order chi connectivity index (χ1) is 12.5. The summed E-state index contributed by atoms with van der Waals surface area (Å²) in [5.41, 5.74) is 4.15. The first-order valence-electron chi connectivity index (χ1n) is 8.40. The molecular formula is C20H22N2O3S. The lowest BCUT2D eigenvalue weighted by Gasteiger charge is -2.12. The van der Waals surface area contributed by atoms with Crippen LogP contribution in [0.25, 0.3) is 10.2 Å². The molecule has 0 bridgehead atoms. The highest BCUT2D eigenvalue weighted by molar-refractivity contribution is 7.22. The number of fused-ring (bicyclic) bond motifs is 1. The van der Waals surface area contributed by atoms with Crippen LogP contribution >= 0.6 is 11.3 Å². The van der Waals surface area contributed by atoms with Crippen molar-refractivity contribution in [2.24, 2.45) is 0 Å². The number of hydrogen-bond acceptors (Lipinski definition) is 5. The van der Waals surface area contributed by atoms with Gasteiger partial charge in [0.15, 0.2) is 5.13 Å². The molecule has 1 N–H and O–H groups in total. The third kappa shape index (κ3) is 4.03. The minimum Gasteiger partial charge on any atom is -0.497 e. The zero-order valence-electron chi connectivity index (χ0n) is 15.3. The van der Waals surface area contributed by atoms with Crippen LogP contribution in [0.4, 0.5) is 5.13 Å². The molecule has 5 nitrogen and oxygen atoms in total. The normalized spacial score (nSPS) is 12.2. The monoisotopic (exact) mass is 370 g/mol. The number of hydrogen-bond donors (Lipinski definition) is 1. The highest BCUT2D eigenvalue weighted by atomic mass is 32.1. The molecule has 0 saturated carbocycles. The van der Waals surface area contributed by atoms with Gasteiger partial charge < -0.3 is 9.47 Å². The van der Waals surface area contributed by atoms with Gasteiger partial charge in [-0.15, -0.1) is 0 Å². The average Bonchev–Trinajstić information content (AvgIpc) is 3.08. The highest BCUT2D eigenvalue weighted by Crippen LogP contribution is 2.31. The average molecular weight is 370 g/mol. The third-order valence-electron chi connectivity index (χ3n) is 4.18. The van der Waals surface area contributed by atoms with E-state index < -0.39 is 6.10 Å². The molecule has 0 spiro atoms. The molecule has 0 saturated heterocycles. The Bertz CT molecular complexity index is 897. The number of carbonyl (C=O) groups is 1. The predicted molar refractivity (Wildman–Crippen MR) is 105 cm³/mol. The van der Waals surface area contributed by atoms with E-state index in [1.54, 1.807) is 14.0 Å². The van der Waals surface area contributed by atoms with E-state index in [2.05, 4.69) is 16.4 Å². The van der Waals surface area contributed by atoms with Crippen LogP contribution in [0.15, 0.2) is 36.4 Å². The summed E-state index contributed by atoms with van der Waals surface area (Å²) in [6, 6.07) is 11.7. The third-order valence-corrected chi connectivity index (χ3v) is 5.28. The van der Waals surface area contributed by atoms with E-state index >= 15 is 0 Å². The second-order valence-electron chi connectivity index (χ2n) is 6.19. The fourth-order valence-corrected chi connectivity index (χ4v) is 3.59.